The normalized spacial score (nSPS) is 10.2. The van der Waals surface area contributed by atoms with E-state index in [9.17, 15) is 0 Å². The van der Waals surface area contributed by atoms with Crippen LogP contribution >= 0.6 is 15.9 Å². The first-order valence-corrected chi connectivity index (χ1v) is 5.30. The molecule has 1 nitrogen and oxygen atoms in total. The van der Waals surface area contributed by atoms with E-state index >= 15 is 0 Å². The highest BCUT2D eigenvalue weighted by atomic mass is 79.9. The maximum absolute atomic E-state index is 5.36. The molecule has 0 radical (unpaired) electrons. The fourth-order valence-corrected chi connectivity index (χ4v) is 1.34. The number of hydrogen-bond donors (Lipinski definition) is 1. The smallest absolute Gasteiger partial charge is 0.00313 e. The van der Waals surface area contributed by atoms with Crippen molar-refractivity contribution in [2.24, 2.45) is 5.73 Å². The van der Waals surface area contributed by atoms with Crippen LogP contribution in [-0.4, -0.2) is 11.9 Å². The summed E-state index contributed by atoms with van der Waals surface area (Å²) in [5.41, 5.74) is 5.36. The first-order chi connectivity index (χ1) is 4.91. The van der Waals surface area contributed by atoms with Gasteiger partial charge in [-0.3, -0.25) is 0 Å². The van der Waals surface area contributed by atoms with E-state index < -0.39 is 0 Å². The van der Waals surface area contributed by atoms with Crippen molar-refractivity contribution < 1.29 is 0 Å². The van der Waals surface area contributed by atoms with E-state index in [2.05, 4.69) is 15.9 Å². The van der Waals surface area contributed by atoms with Crippen LogP contribution in [0.25, 0.3) is 0 Å². The Balaban J connectivity index is 2.65. The van der Waals surface area contributed by atoms with Crippen molar-refractivity contribution in [2.75, 3.05) is 11.9 Å². The molecule has 0 aliphatic carbocycles. The first-order valence-electron chi connectivity index (χ1n) is 4.18. The third-order valence-corrected chi connectivity index (χ3v) is 2.15. The molecule has 0 aromatic heterocycles. The Morgan fingerprint density at radius 3 is 1.80 bits per heavy atom. The molecule has 0 spiro atoms. The summed E-state index contributed by atoms with van der Waals surface area (Å²) in [7, 11) is 0. The highest BCUT2D eigenvalue weighted by molar-refractivity contribution is 9.09. The van der Waals surface area contributed by atoms with Gasteiger partial charge in [0.1, 0.15) is 0 Å². The van der Waals surface area contributed by atoms with Gasteiger partial charge < -0.3 is 5.73 Å². The van der Waals surface area contributed by atoms with Gasteiger partial charge in [0, 0.05) is 5.33 Å². The second kappa shape index (κ2) is 9.44. The van der Waals surface area contributed by atoms with Gasteiger partial charge in [-0.1, -0.05) is 41.6 Å². The number of rotatable bonds is 7. The predicted molar refractivity (Wildman–Crippen MR) is 50.6 cm³/mol. The average Bonchev–Trinajstić information content (AvgIpc) is 1.97. The van der Waals surface area contributed by atoms with Crippen LogP contribution in [0.4, 0.5) is 0 Å². The van der Waals surface area contributed by atoms with Crippen LogP contribution in [0.15, 0.2) is 0 Å². The summed E-state index contributed by atoms with van der Waals surface area (Å²) in [6, 6.07) is 0. The molecule has 0 heterocycles. The molecule has 0 rings (SSSR count). The lowest BCUT2D eigenvalue weighted by Gasteiger charge is -1.97. The number of nitrogens with two attached hydrogens (primary N) is 1. The Morgan fingerprint density at radius 1 is 0.800 bits per heavy atom. The largest absolute Gasteiger partial charge is 0.330 e. The van der Waals surface area contributed by atoms with E-state index in [0.29, 0.717) is 0 Å². The van der Waals surface area contributed by atoms with Crippen LogP contribution in [0, 0.1) is 0 Å². The minimum Gasteiger partial charge on any atom is -0.330 e. The van der Waals surface area contributed by atoms with Crippen molar-refractivity contribution in [3.05, 3.63) is 0 Å². The molecule has 0 amide bonds. The minimum atomic E-state index is 0.860. The lowest BCUT2D eigenvalue weighted by Crippen LogP contribution is -1.97. The van der Waals surface area contributed by atoms with Crippen molar-refractivity contribution in [3.8, 4) is 0 Å². The average molecular weight is 208 g/mol. The van der Waals surface area contributed by atoms with E-state index in [-0.39, 0.29) is 0 Å². The molecule has 0 aliphatic heterocycles. The highest BCUT2D eigenvalue weighted by Crippen LogP contribution is 2.05. The van der Waals surface area contributed by atoms with Crippen LogP contribution in [-0.2, 0) is 0 Å². The number of unbranched alkanes of at least 4 members (excludes halogenated alkanes) is 5. The number of alkyl halides is 1. The van der Waals surface area contributed by atoms with Crippen LogP contribution in [0.5, 0.6) is 0 Å². The maximum atomic E-state index is 5.36. The lowest BCUT2D eigenvalue weighted by atomic mass is 10.1. The highest BCUT2D eigenvalue weighted by Gasteiger charge is 1.88. The lowest BCUT2D eigenvalue weighted by molar-refractivity contribution is 0.614. The minimum absolute atomic E-state index is 0.860. The van der Waals surface area contributed by atoms with E-state index in [0.717, 1.165) is 11.9 Å². The van der Waals surface area contributed by atoms with Gasteiger partial charge in [-0.15, -0.1) is 0 Å². The molecule has 0 unspecified atom stereocenters. The molecular formula is C8H18BrN. The SMILES string of the molecule is NCCCCCCCCBr. The van der Waals surface area contributed by atoms with Gasteiger partial charge in [0.25, 0.3) is 0 Å². The van der Waals surface area contributed by atoms with Gasteiger partial charge in [0.05, 0.1) is 0 Å². The van der Waals surface area contributed by atoms with Crippen LogP contribution < -0.4 is 5.73 Å². The summed E-state index contributed by atoms with van der Waals surface area (Å²) < 4.78 is 0. The zero-order chi connectivity index (χ0) is 7.66. The van der Waals surface area contributed by atoms with E-state index in [1.807, 2.05) is 0 Å². The Kier molecular flexibility index (Phi) is 9.86. The second-order valence-corrected chi connectivity index (χ2v) is 3.39. The quantitative estimate of drug-likeness (QED) is 0.505. The topological polar surface area (TPSA) is 26.0 Å². The van der Waals surface area contributed by atoms with Gasteiger partial charge in [-0.05, 0) is 19.4 Å². The molecule has 0 aromatic rings. The fraction of sp³-hybridized carbons (Fsp3) is 1.00. The van der Waals surface area contributed by atoms with Crippen molar-refractivity contribution in [1.29, 1.82) is 0 Å². The molecule has 0 saturated carbocycles. The van der Waals surface area contributed by atoms with Gasteiger partial charge in [0.2, 0.25) is 0 Å². The molecule has 2 N–H and O–H groups in total. The molecule has 62 valence electrons. The molecule has 0 saturated heterocycles. The third kappa shape index (κ3) is 8.44. The van der Waals surface area contributed by atoms with Crippen LogP contribution in [0.2, 0.25) is 0 Å². The third-order valence-electron chi connectivity index (χ3n) is 1.59. The summed E-state index contributed by atoms with van der Waals surface area (Å²) >= 11 is 3.41. The monoisotopic (exact) mass is 207 g/mol. The molecule has 0 aromatic carbocycles. The van der Waals surface area contributed by atoms with Crippen LogP contribution in [0.3, 0.4) is 0 Å². The molecule has 0 bridgehead atoms. The molecular weight excluding hydrogens is 190 g/mol. The van der Waals surface area contributed by atoms with E-state index in [4.69, 9.17) is 5.73 Å². The molecule has 2 heteroatoms. The van der Waals surface area contributed by atoms with Crippen molar-refractivity contribution in [3.63, 3.8) is 0 Å². The standard InChI is InChI=1S/C8H18BrN/c9-7-5-3-1-2-4-6-8-10/h1-8,10H2. The van der Waals surface area contributed by atoms with E-state index in [1.165, 1.54) is 38.5 Å². The van der Waals surface area contributed by atoms with Crippen molar-refractivity contribution >= 4 is 15.9 Å². The summed E-state index contributed by atoms with van der Waals surface area (Å²) in [6.07, 6.45) is 7.96. The summed E-state index contributed by atoms with van der Waals surface area (Å²) in [4.78, 5) is 0. The summed E-state index contributed by atoms with van der Waals surface area (Å²) in [6.45, 7) is 0.860. The zero-order valence-electron chi connectivity index (χ0n) is 6.61. The van der Waals surface area contributed by atoms with Gasteiger partial charge in [-0.2, -0.15) is 0 Å². The van der Waals surface area contributed by atoms with E-state index in [1.54, 1.807) is 0 Å². The Bertz CT molecular complexity index is 49.2. The Morgan fingerprint density at radius 2 is 1.30 bits per heavy atom. The maximum Gasteiger partial charge on any atom is 0.00313 e. The molecule has 0 atom stereocenters. The number of hydrogen-bond acceptors (Lipinski definition) is 1. The van der Waals surface area contributed by atoms with Crippen LogP contribution in [0.1, 0.15) is 38.5 Å². The van der Waals surface area contributed by atoms with Gasteiger partial charge >= 0.3 is 0 Å². The molecule has 0 aliphatic rings. The van der Waals surface area contributed by atoms with Crippen molar-refractivity contribution in [1.82, 2.24) is 0 Å². The summed E-state index contributed by atoms with van der Waals surface area (Å²) in [5.74, 6) is 0. The predicted octanol–water partition coefficient (Wildman–Crippen LogP) is 2.68. The fourth-order valence-electron chi connectivity index (χ4n) is 0.946. The van der Waals surface area contributed by atoms with Crippen molar-refractivity contribution in [2.45, 2.75) is 38.5 Å². The number of halogens is 1. The van der Waals surface area contributed by atoms with Gasteiger partial charge in [-0.25, -0.2) is 0 Å². The summed E-state index contributed by atoms with van der Waals surface area (Å²) in [5, 5.41) is 1.16. The zero-order valence-corrected chi connectivity index (χ0v) is 8.20. The Labute approximate surface area is 72.5 Å². The van der Waals surface area contributed by atoms with Gasteiger partial charge in [0.15, 0.2) is 0 Å². The molecule has 10 heavy (non-hydrogen) atoms. The second-order valence-electron chi connectivity index (χ2n) is 2.60. The first kappa shape index (κ1) is 10.4. The Hall–Kier alpha value is 0.440. The molecule has 0 fully saturated rings.